The van der Waals surface area contributed by atoms with Crippen molar-refractivity contribution in [3.8, 4) is 5.75 Å². The van der Waals surface area contributed by atoms with E-state index in [4.69, 9.17) is 4.74 Å². The average Bonchev–Trinajstić information content (AvgIpc) is 2.63. The Kier molecular flexibility index (Phi) is 5.48. The molecule has 0 atom stereocenters. The van der Waals surface area contributed by atoms with Gasteiger partial charge in [-0.3, -0.25) is 4.79 Å². The summed E-state index contributed by atoms with van der Waals surface area (Å²) in [6.45, 7) is 1.69. The highest BCUT2D eigenvalue weighted by atomic mass is 79.9. The Hall–Kier alpha value is -2.06. The van der Waals surface area contributed by atoms with Crippen LogP contribution in [0.1, 0.15) is 27.0 Å². The third kappa shape index (κ3) is 4.11. The molecular formula is C19H18BrF3N2O2. The van der Waals surface area contributed by atoms with E-state index in [1.54, 1.807) is 6.07 Å². The van der Waals surface area contributed by atoms with Gasteiger partial charge in [0.15, 0.2) is 0 Å². The maximum absolute atomic E-state index is 13.2. The van der Waals surface area contributed by atoms with Gasteiger partial charge in [-0.25, -0.2) is 0 Å². The van der Waals surface area contributed by atoms with Gasteiger partial charge < -0.3 is 15.0 Å². The normalized spacial score (nSPS) is 14.6. The van der Waals surface area contributed by atoms with E-state index < -0.39 is 17.6 Å². The molecule has 0 fully saturated rings. The zero-order valence-electron chi connectivity index (χ0n) is 14.8. The maximum Gasteiger partial charge on any atom is 0.419 e. The third-order valence-electron chi connectivity index (χ3n) is 4.55. The van der Waals surface area contributed by atoms with E-state index in [1.165, 1.54) is 11.6 Å². The first kappa shape index (κ1) is 19.7. The first-order valence-electron chi connectivity index (χ1n) is 8.26. The molecule has 1 aliphatic rings. The van der Waals surface area contributed by atoms with Crippen LogP contribution in [-0.2, 0) is 19.1 Å². The van der Waals surface area contributed by atoms with Crippen LogP contribution in [0.25, 0.3) is 0 Å². The number of rotatable bonds is 3. The number of ether oxygens (including phenoxy) is 1. The van der Waals surface area contributed by atoms with Gasteiger partial charge in [0.1, 0.15) is 5.75 Å². The molecule has 0 aromatic heterocycles. The first-order chi connectivity index (χ1) is 12.7. The Bertz CT molecular complexity index is 884. The molecule has 1 heterocycles. The fourth-order valence-corrected chi connectivity index (χ4v) is 3.70. The number of benzene rings is 2. The number of hydrogen-bond acceptors (Lipinski definition) is 3. The molecule has 1 amide bonds. The van der Waals surface area contributed by atoms with Crippen molar-refractivity contribution in [2.75, 3.05) is 26.0 Å². The van der Waals surface area contributed by atoms with Crippen LogP contribution in [0, 0.1) is 0 Å². The van der Waals surface area contributed by atoms with E-state index in [0.29, 0.717) is 5.69 Å². The summed E-state index contributed by atoms with van der Waals surface area (Å²) in [6, 6.07) is 6.96. The Morgan fingerprint density at radius 2 is 2.00 bits per heavy atom. The van der Waals surface area contributed by atoms with Gasteiger partial charge in [-0.2, -0.15) is 13.2 Å². The third-order valence-corrected chi connectivity index (χ3v) is 5.45. The fraction of sp³-hybridized carbons (Fsp3) is 0.316. The number of hydrogen-bond donors (Lipinski definition) is 1. The van der Waals surface area contributed by atoms with Crippen LogP contribution in [0.4, 0.5) is 18.9 Å². The lowest BCUT2D eigenvalue weighted by Crippen LogP contribution is -2.27. The van der Waals surface area contributed by atoms with Crippen LogP contribution in [0.15, 0.2) is 34.8 Å². The van der Waals surface area contributed by atoms with Crippen molar-refractivity contribution < 1.29 is 22.7 Å². The quantitative estimate of drug-likeness (QED) is 0.747. The van der Waals surface area contributed by atoms with Crippen LogP contribution in [-0.4, -0.2) is 31.5 Å². The number of anilines is 1. The summed E-state index contributed by atoms with van der Waals surface area (Å²) in [6.07, 6.45) is -3.70. The first-order valence-corrected chi connectivity index (χ1v) is 9.05. The lowest BCUT2D eigenvalue weighted by Gasteiger charge is -2.27. The summed E-state index contributed by atoms with van der Waals surface area (Å²) in [5, 5.41) is 2.70. The molecule has 1 aliphatic heterocycles. The van der Waals surface area contributed by atoms with E-state index >= 15 is 0 Å². The predicted molar refractivity (Wildman–Crippen MR) is 100 cm³/mol. The minimum absolute atomic E-state index is 0.0927. The van der Waals surface area contributed by atoms with Crippen molar-refractivity contribution in [2.24, 2.45) is 0 Å². The molecule has 2 aromatic rings. The SMILES string of the molecule is COc1ccc(C(=O)Nc2ccc3c(c2Br)CN(C)CC3)cc1C(F)(F)F. The van der Waals surface area contributed by atoms with Gasteiger partial charge in [-0.05, 0) is 64.8 Å². The molecule has 3 rings (SSSR count). The monoisotopic (exact) mass is 442 g/mol. The number of carbonyl (C=O) groups excluding carboxylic acids is 1. The van der Waals surface area contributed by atoms with E-state index in [9.17, 15) is 18.0 Å². The molecule has 27 heavy (non-hydrogen) atoms. The van der Waals surface area contributed by atoms with Gasteiger partial charge in [-0.15, -0.1) is 0 Å². The Morgan fingerprint density at radius 1 is 1.26 bits per heavy atom. The number of methoxy groups -OCH3 is 1. The molecule has 0 saturated heterocycles. The maximum atomic E-state index is 13.2. The second kappa shape index (κ2) is 7.52. The molecular weight excluding hydrogens is 425 g/mol. The van der Waals surface area contributed by atoms with Gasteiger partial charge in [0, 0.05) is 23.1 Å². The van der Waals surface area contributed by atoms with Crippen molar-refractivity contribution in [3.63, 3.8) is 0 Å². The molecule has 8 heteroatoms. The zero-order chi connectivity index (χ0) is 19.8. The summed E-state index contributed by atoms with van der Waals surface area (Å²) in [5.41, 5.74) is 1.72. The summed E-state index contributed by atoms with van der Waals surface area (Å²) >= 11 is 3.52. The number of nitrogens with zero attached hydrogens (tertiary/aromatic N) is 1. The van der Waals surface area contributed by atoms with Crippen molar-refractivity contribution in [3.05, 3.63) is 57.1 Å². The number of nitrogens with one attached hydrogen (secondary N) is 1. The number of likely N-dealkylation sites (N-methyl/N-ethyl adjacent to an activating group) is 1. The molecule has 0 unspecified atom stereocenters. The zero-order valence-corrected chi connectivity index (χ0v) is 16.4. The largest absolute Gasteiger partial charge is 0.496 e. The predicted octanol–water partition coefficient (Wildman–Crippen LogP) is 4.72. The Morgan fingerprint density at radius 3 is 2.67 bits per heavy atom. The van der Waals surface area contributed by atoms with Crippen LogP contribution in [0.3, 0.4) is 0 Å². The summed E-state index contributed by atoms with van der Waals surface area (Å²) in [4.78, 5) is 14.7. The summed E-state index contributed by atoms with van der Waals surface area (Å²) < 4.78 is 45.0. The number of fused-ring (bicyclic) bond motifs is 1. The lowest BCUT2D eigenvalue weighted by molar-refractivity contribution is -0.138. The molecule has 0 bridgehead atoms. The van der Waals surface area contributed by atoms with Crippen LogP contribution in [0.2, 0.25) is 0 Å². The van der Waals surface area contributed by atoms with Crippen molar-refractivity contribution in [2.45, 2.75) is 19.1 Å². The topological polar surface area (TPSA) is 41.6 Å². The van der Waals surface area contributed by atoms with Crippen molar-refractivity contribution in [1.82, 2.24) is 4.90 Å². The van der Waals surface area contributed by atoms with Crippen LogP contribution in [0.5, 0.6) is 5.75 Å². The van der Waals surface area contributed by atoms with E-state index in [0.717, 1.165) is 48.8 Å². The number of amides is 1. The number of alkyl halides is 3. The second-order valence-electron chi connectivity index (χ2n) is 6.42. The van der Waals surface area contributed by atoms with E-state index in [1.807, 2.05) is 13.1 Å². The van der Waals surface area contributed by atoms with Gasteiger partial charge in [0.25, 0.3) is 5.91 Å². The van der Waals surface area contributed by atoms with Gasteiger partial charge in [0.05, 0.1) is 18.4 Å². The Labute approximate surface area is 163 Å². The van der Waals surface area contributed by atoms with Gasteiger partial charge >= 0.3 is 6.18 Å². The Balaban J connectivity index is 1.89. The second-order valence-corrected chi connectivity index (χ2v) is 7.21. The van der Waals surface area contributed by atoms with E-state index in [-0.39, 0.29) is 11.3 Å². The van der Waals surface area contributed by atoms with Crippen molar-refractivity contribution >= 4 is 27.5 Å². The fourth-order valence-electron chi connectivity index (χ4n) is 3.09. The molecule has 144 valence electrons. The van der Waals surface area contributed by atoms with E-state index in [2.05, 4.69) is 26.1 Å². The molecule has 4 nitrogen and oxygen atoms in total. The number of carbonyl (C=O) groups is 1. The summed E-state index contributed by atoms with van der Waals surface area (Å²) in [7, 11) is 3.17. The highest BCUT2D eigenvalue weighted by Gasteiger charge is 2.35. The average molecular weight is 443 g/mol. The smallest absolute Gasteiger partial charge is 0.419 e. The molecule has 1 N–H and O–H groups in total. The van der Waals surface area contributed by atoms with Gasteiger partial charge in [0.2, 0.25) is 0 Å². The lowest BCUT2D eigenvalue weighted by atomic mass is 9.99. The van der Waals surface area contributed by atoms with Gasteiger partial charge in [-0.1, -0.05) is 6.07 Å². The highest BCUT2D eigenvalue weighted by Crippen LogP contribution is 2.37. The molecule has 2 aromatic carbocycles. The molecule has 0 spiro atoms. The molecule has 0 saturated carbocycles. The molecule has 0 aliphatic carbocycles. The number of halogens is 4. The van der Waals surface area contributed by atoms with Crippen molar-refractivity contribution in [1.29, 1.82) is 0 Å². The van der Waals surface area contributed by atoms with Crippen LogP contribution < -0.4 is 10.1 Å². The summed E-state index contributed by atoms with van der Waals surface area (Å²) in [5.74, 6) is -0.940. The highest BCUT2D eigenvalue weighted by molar-refractivity contribution is 9.10. The minimum Gasteiger partial charge on any atom is -0.496 e. The molecule has 0 radical (unpaired) electrons. The minimum atomic E-state index is -4.61. The van der Waals surface area contributed by atoms with Crippen LogP contribution >= 0.6 is 15.9 Å². The standard InChI is InChI=1S/C19H18BrF3N2O2/c1-25-8-7-11-3-5-15(17(20)13(11)10-25)24-18(26)12-4-6-16(27-2)14(9-12)19(21,22)23/h3-6,9H,7-8,10H2,1-2H3,(H,24,26).